The largest absolute Gasteiger partial charge is 0.445 e. The molecule has 5 rings (SSSR count). The molecule has 11 heteroatoms. The molecule has 1 aliphatic heterocycles. The number of ether oxygens (including phenoxy) is 2. The average molecular weight is 554 g/mol. The van der Waals surface area contributed by atoms with Gasteiger partial charge in [-0.05, 0) is 23.6 Å². The summed E-state index contributed by atoms with van der Waals surface area (Å²) in [5, 5.41) is 5.66. The van der Waals surface area contributed by atoms with Crippen molar-refractivity contribution < 1.29 is 19.1 Å². The van der Waals surface area contributed by atoms with Gasteiger partial charge in [-0.1, -0.05) is 54.6 Å². The zero-order chi connectivity index (χ0) is 28.4. The van der Waals surface area contributed by atoms with Gasteiger partial charge in [0.25, 0.3) is 5.91 Å². The molecular weight excluding hydrogens is 522 g/mol. The molecule has 3 heterocycles. The summed E-state index contributed by atoms with van der Waals surface area (Å²) in [6.07, 6.45) is 4.99. The number of amides is 2. The lowest BCUT2D eigenvalue weighted by Crippen LogP contribution is -2.36. The van der Waals surface area contributed by atoms with Gasteiger partial charge in [0.1, 0.15) is 6.61 Å². The Kier molecular flexibility index (Phi) is 8.97. The van der Waals surface area contributed by atoms with E-state index in [2.05, 4.69) is 30.5 Å². The molecule has 1 saturated heterocycles. The fourth-order valence-corrected chi connectivity index (χ4v) is 4.37. The van der Waals surface area contributed by atoms with E-state index < -0.39 is 12.0 Å². The van der Waals surface area contributed by atoms with E-state index in [0.717, 1.165) is 22.4 Å². The molecule has 1 aliphatic rings. The quantitative estimate of drug-likeness (QED) is 0.283. The van der Waals surface area contributed by atoms with E-state index in [9.17, 15) is 9.59 Å². The number of carbonyl (C=O) groups is 2. The number of alkyl carbamates (subject to hydrolysis) is 1. The van der Waals surface area contributed by atoms with E-state index in [4.69, 9.17) is 15.2 Å². The average Bonchev–Trinajstić information content (AvgIpc) is 3.02. The Bertz CT molecular complexity index is 1480. The molecule has 0 aliphatic carbocycles. The van der Waals surface area contributed by atoms with E-state index in [1.807, 2.05) is 60.7 Å². The number of nitrogens with two attached hydrogens (primary N) is 1. The Morgan fingerprint density at radius 3 is 2.54 bits per heavy atom. The molecule has 0 saturated carbocycles. The van der Waals surface area contributed by atoms with Crippen molar-refractivity contribution in [2.75, 3.05) is 48.8 Å². The second-order valence-corrected chi connectivity index (χ2v) is 9.37. The highest BCUT2D eigenvalue weighted by Gasteiger charge is 2.20. The van der Waals surface area contributed by atoms with Crippen LogP contribution in [0.5, 0.6) is 0 Å². The van der Waals surface area contributed by atoms with Crippen LogP contribution in [0.15, 0.2) is 79.3 Å². The molecule has 1 fully saturated rings. The SMILES string of the molecule is Nc1ncc(-c2ccc(CCNC(=O)OCc3ccccc3)cc2)nc1C(=O)Nc1cnccc1N1CCOCC1. The first-order valence-corrected chi connectivity index (χ1v) is 13.3. The van der Waals surface area contributed by atoms with E-state index in [1.54, 1.807) is 12.4 Å². The van der Waals surface area contributed by atoms with E-state index >= 15 is 0 Å². The third-order valence-electron chi connectivity index (χ3n) is 6.56. The van der Waals surface area contributed by atoms with Crippen LogP contribution >= 0.6 is 0 Å². The van der Waals surface area contributed by atoms with Crippen molar-refractivity contribution in [3.63, 3.8) is 0 Å². The number of anilines is 3. The Labute approximate surface area is 237 Å². The standard InChI is InChI=1S/C30H31N7O4/c31-28-27(29(38)36-25-18-32-12-11-26(25)37-14-16-40-17-15-37)35-24(19-34-28)23-8-6-21(7-9-23)10-13-33-30(39)41-20-22-4-2-1-3-5-22/h1-9,11-12,18-19H,10,13-17,20H2,(H2,31,34)(H,33,39)(H,36,38). The van der Waals surface area contributed by atoms with Gasteiger partial charge in [-0.2, -0.15) is 0 Å². The van der Waals surface area contributed by atoms with Gasteiger partial charge < -0.3 is 30.7 Å². The summed E-state index contributed by atoms with van der Waals surface area (Å²) in [6, 6.07) is 19.0. The van der Waals surface area contributed by atoms with Crippen LogP contribution in [0.4, 0.5) is 22.0 Å². The minimum atomic E-state index is -0.471. The highest BCUT2D eigenvalue weighted by Crippen LogP contribution is 2.27. The third-order valence-corrected chi connectivity index (χ3v) is 6.56. The number of carbonyl (C=O) groups excluding carboxylic acids is 2. The smallest absolute Gasteiger partial charge is 0.407 e. The third kappa shape index (κ3) is 7.34. The molecule has 0 bridgehead atoms. The summed E-state index contributed by atoms with van der Waals surface area (Å²) in [4.78, 5) is 40.2. The second kappa shape index (κ2) is 13.4. The van der Waals surface area contributed by atoms with Gasteiger partial charge in [0.05, 0.1) is 42.7 Å². The first-order valence-electron chi connectivity index (χ1n) is 13.3. The van der Waals surface area contributed by atoms with Crippen LogP contribution in [0, 0.1) is 0 Å². The Balaban J connectivity index is 1.18. The van der Waals surface area contributed by atoms with Crippen molar-refractivity contribution in [2.24, 2.45) is 0 Å². The predicted octanol–water partition coefficient (Wildman–Crippen LogP) is 3.68. The Morgan fingerprint density at radius 2 is 1.76 bits per heavy atom. The lowest BCUT2D eigenvalue weighted by atomic mass is 10.1. The predicted molar refractivity (Wildman–Crippen MR) is 155 cm³/mol. The van der Waals surface area contributed by atoms with Crippen LogP contribution < -0.4 is 21.3 Å². The maximum atomic E-state index is 13.2. The number of nitrogens with one attached hydrogen (secondary N) is 2. The minimum absolute atomic E-state index is 0.0292. The second-order valence-electron chi connectivity index (χ2n) is 9.37. The number of aromatic nitrogens is 3. The van der Waals surface area contributed by atoms with Gasteiger partial charge in [0, 0.05) is 31.4 Å². The van der Waals surface area contributed by atoms with Crippen molar-refractivity contribution in [3.8, 4) is 11.3 Å². The van der Waals surface area contributed by atoms with Crippen LogP contribution in [0.1, 0.15) is 21.6 Å². The van der Waals surface area contributed by atoms with Gasteiger partial charge in [-0.15, -0.1) is 0 Å². The molecule has 210 valence electrons. The number of hydrogen-bond acceptors (Lipinski definition) is 9. The zero-order valence-electron chi connectivity index (χ0n) is 22.5. The molecule has 41 heavy (non-hydrogen) atoms. The number of nitrogen functional groups attached to an aromatic ring is 1. The number of rotatable bonds is 9. The first kappa shape index (κ1) is 27.5. The molecular formula is C30H31N7O4. The number of pyridine rings is 1. The molecule has 2 amide bonds. The fourth-order valence-electron chi connectivity index (χ4n) is 4.37. The summed E-state index contributed by atoms with van der Waals surface area (Å²) < 4.78 is 10.7. The van der Waals surface area contributed by atoms with Gasteiger partial charge in [-0.3, -0.25) is 9.78 Å². The number of morpholine rings is 1. The van der Waals surface area contributed by atoms with Crippen LogP contribution in [0.3, 0.4) is 0 Å². The lowest BCUT2D eigenvalue weighted by Gasteiger charge is -2.30. The van der Waals surface area contributed by atoms with Crippen LogP contribution in [-0.4, -0.2) is 59.8 Å². The highest BCUT2D eigenvalue weighted by molar-refractivity contribution is 6.07. The normalized spacial score (nSPS) is 12.9. The molecule has 0 radical (unpaired) electrons. The van der Waals surface area contributed by atoms with Crippen molar-refractivity contribution in [3.05, 3.63) is 96.1 Å². The fraction of sp³-hybridized carbons (Fsp3) is 0.233. The van der Waals surface area contributed by atoms with E-state index in [-0.39, 0.29) is 18.1 Å². The summed E-state index contributed by atoms with van der Waals surface area (Å²) in [5.41, 5.74) is 10.7. The maximum Gasteiger partial charge on any atom is 0.407 e. The summed E-state index contributed by atoms with van der Waals surface area (Å²) in [7, 11) is 0. The van der Waals surface area contributed by atoms with Crippen LogP contribution in [-0.2, 0) is 22.5 Å². The van der Waals surface area contributed by atoms with Crippen LogP contribution in [0.25, 0.3) is 11.3 Å². The number of hydrogen-bond donors (Lipinski definition) is 3. The van der Waals surface area contributed by atoms with Gasteiger partial charge in [0.15, 0.2) is 11.5 Å². The molecule has 4 aromatic rings. The minimum Gasteiger partial charge on any atom is -0.445 e. The maximum absolute atomic E-state index is 13.2. The lowest BCUT2D eigenvalue weighted by molar-refractivity contribution is 0.102. The molecule has 11 nitrogen and oxygen atoms in total. The molecule has 2 aromatic carbocycles. The zero-order valence-corrected chi connectivity index (χ0v) is 22.5. The van der Waals surface area contributed by atoms with Crippen LogP contribution in [0.2, 0.25) is 0 Å². The van der Waals surface area contributed by atoms with Gasteiger partial charge >= 0.3 is 6.09 Å². The summed E-state index contributed by atoms with van der Waals surface area (Å²) in [6.45, 7) is 3.32. The molecule has 4 N–H and O–H groups in total. The summed E-state index contributed by atoms with van der Waals surface area (Å²) in [5.74, 6) is -0.439. The Hall–Kier alpha value is -5.03. The van der Waals surface area contributed by atoms with E-state index in [0.29, 0.717) is 50.7 Å². The van der Waals surface area contributed by atoms with E-state index in [1.165, 1.54) is 6.20 Å². The highest BCUT2D eigenvalue weighted by atomic mass is 16.5. The van der Waals surface area contributed by atoms with Crippen molar-refractivity contribution in [1.29, 1.82) is 0 Å². The molecule has 2 aromatic heterocycles. The monoisotopic (exact) mass is 553 g/mol. The topological polar surface area (TPSA) is 145 Å². The number of nitrogens with zero attached hydrogens (tertiary/aromatic N) is 4. The molecule has 0 atom stereocenters. The van der Waals surface area contributed by atoms with Crippen molar-refractivity contribution in [2.45, 2.75) is 13.0 Å². The van der Waals surface area contributed by atoms with Crippen molar-refractivity contribution in [1.82, 2.24) is 20.3 Å². The molecule has 0 spiro atoms. The van der Waals surface area contributed by atoms with Gasteiger partial charge in [-0.25, -0.2) is 14.8 Å². The summed E-state index contributed by atoms with van der Waals surface area (Å²) >= 11 is 0. The Morgan fingerprint density at radius 1 is 0.976 bits per heavy atom. The van der Waals surface area contributed by atoms with Crippen molar-refractivity contribution >= 4 is 29.2 Å². The van der Waals surface area contributed by atoms with Gasteiger partial charge in [0.2, 0.25) is 0 Å². The number of benzene rings is 2. The molecule has 0 unspecified atom stereocenters. The first-order chi connectivity index (χ1) is 20.1.